The molecule has 0 N–H and O–H groups in total. The summed E-state index contributed by atoms with van der Waals surface area (Å²) in [5.41, 5.74) is 1.74. The highest BCUT2D eigenvalue weighted by atomic mass is 16.7. The van der Waals surface area contributed by atoms with Crippen LogP contribution < -0.4 is 5.06 Å². The smallest absolute Gasteiger partial charge is 0.254 e. The molecule has 5 rings (SSSR count). The summed E-state index contributed by atoms with van der Waals surface area (Å²) < 4.78 is 5.29. The van der Waals surface area contributed by atoms with Gasteiger partial charge in [0, 0.05) is 18.7 Å². The van der Waals surface area contributed by atoms with Gasteiger partial charge in [0.2, 0.25) is 0 Å². The molecule has 2 atom stereocenters. The Hall–Kier alpha value is -1.85. The number of carbonyl (C=O) groups excluding carboxylic acids is 1. The lowest BCUT2D eigenvalue weighted by atomic mass is 9.98. The molecule has 0 saturated carbocycles. The number of fused-ring (bicyclic) bond motifs is 2. The highest BCUT2D eigenvalue weighted by Crippen LogP contribution is 2.32. The van der Waals surface area contributed by atoms with Crippen molar-refractivity contribution >= 4 is 11.6 Å². The molecule has 1 aliphatic carbocycles. The zero-order valence-corrected chi connectivity index (χ0v) is 12.5. The first-order chi connectivity index (χ1) is 10.8. The van der Waals surface area contributed by atoms with Gasteiger partial charge in [0.15, 0.2) is 0 Å². The Balaban J connectivity index is 1.48. The van der Waals surface area contributed by atoms with Crippen molar-refractivity contribution in [2.75, 3.05) is 31.4 Å². The number of hydrogen-bond acceptors (Lipinski definition) is 4. The van der Waals surface area contributed by atoms with Crippen LogP contribution in [0.25, 0.3) is 0 Å². The number of amides is 1. The van der Waals surface area contributed by atoms with E-state index >= 15 is 0 Å². The van der Waals surface area contributed by atoms with Crippen LogP contribution in [0.3, 0.4) is 0 Å². The molecule has 2 bridgehead atoms. The Morgan fingerprint density at radius 1 is 1.05 bits per heavy atom. The third-order valence-corrected chi connectivity index (χ3v) is 4.51. The van der Waals surface area contributed by atoms with Crippen molar-refractivity contribution in [2.45, 2.75) is 25.0 Å². The fraction of sp³-hybridized carbons (Fsp3) is 0.471. The predicted octanol–water partition coefficient (Wildman–Crippen LogP) is 2.00. The molecule has 1 aromatic carbocycles. The van der Waals surface area contributed by atoms with Gasteiger partial charge in [-0.1, -0.05) is 12.2 Å². The summed E-state index contributed by atoms with van der Waals surface area (Å²) in [4.78, 5) is 20.2. The van der Waals surface area contributed by atoms with Gasteiger partial charge in [0.25, 0.3) is 5.91 Å². The summed E-state index contributed by atoms with van der Waals surface area (Å²) in [5, 5.41) is 1.97. The summed E-state index contributed by atoms with van der Waals surface area (Å²) in [6.45, 7) is 2.59. The maximum atomic E-state index is 12.4. The third-order valence-electron chi connectivity index (χ3n) is 4.51. The highest BCUT2D eigenvalue weighted by molar-refractivity contribution is 5.94. The third kappa shape index (κ3) is 2.51. The Morgan fingerprint density at radius 3 is 2.41 bits per heavy atom. The topological polar surface area (TPSA) is 42.0 Å². The molecule has 0 radical (unpaired) electrons. The van der Waals surface area contributed by atoms with E-state index in [0.29, 0.717) is 32.3 Å². The van der Waals surface area contributed by atoms with Gasteiger partial charge in [0.05, 0.1) is 24.9 Å². The van der Waals surface area contributed by atoms with Gasteiger partial charge in [-0.2, -0.15) is 0 Å². The Morgan fingerprint density at radius 2 is 1.82 bits per heavy atom. The van der Waals surface area contributed by atoms with Crippen LogP contribution in [0.2, 0.25) is 0 Å². The molecule has 2 fully saturated rings. The lowest BCUT2D eigenvalue weighted by Gasteiger charge is -2.41. The van der Waals surface area contributed by atoms with Gasteiger partial charge in [-0.3, -0.25) is 9.63 Å². The van der Waals surface area contributed by atoms with Crippen molar-refractivity contribution in [1.82, 2.24) is 4.90 Å². The van der Waals surface area contributed by atoms with E-state index in [1.807, 2.05) is 34.2 Å². The minimum absolute atomic E-state index is 0.0795. The second-order valence-corrected chi connectivity index (χ2v) is 5.95. The van der Waals surface area contributed by atoms with E-state index in [9.17, 15) is 4.79 Å². The minimum Gasteiger partial charge on any atom is -0.378 e. The van der Waals surface area contributed by atoms with E-state index in [-0.39, 0.29) is 12.0 Å². The number of hydrogen-bond donors (Lipinski definition) is 0. The summed E-state index contributed by atoms with van der Waals surface area (Å²) in [7, 11) is 0. The number of carbonyl (C=O) groups is 1. The van der Waals surface area contributed by atoms with Gasteiger partial charge in [-0.25, -0.2) is 5.06 Å². The Kier molecular flexibility index (Phi) is 3.60. The average Bonchev–Trinajstić information content (AvgIpc) is 2.63. The molecule has 2 saturated heterocycles. The first-order valence-corrected chi connectivity index (χ1v) is 7.93. The number of rotatable bonds is 2. The van der Waals surface area contributed by atoms with E-state index < -0.39 is 0 Å². The molecule has 22 heavy (non-hydrogen) atoms. The van der Waals surface area contributed by atoms with Gasteiger partial charge in [0.1, 0.15) is 6.10 Å². The number of hydroxylamine groups is 1. The second-order valence-electron chi connectivity index (χ2n) is 5.95. The van der Waals surface area contributed by atoms with Crippen LogP contribution in [0.5, 0.6) is 0 Å². The van der Waals surface area contributed by atoms with E-state index in [1.165, 1.54) is 0 Å². The summed E-state index contributed by atoms with van der Waals surface area (Å²) >= 11 is 0. The average molecular weight is 300 g/mol. The number of anilines is 1. The normalized spacial score (nSPS) is 27.3. The van der Waals surface area contributed by atoms with Crippen LogP contribution in [0, 0.1) is 0 Å². The number of ether oxygens (including phenoxy) is 1. The first-order valence-electron chi connectivity index (χ1n) is 7.93. The number of benzene rings is 1. The molecule has 2 unspecified atom stereocenters. The molecule has 5 heteroatoms. The molecule has 0 spiro atoms. The predicted molar refractivity (Wildman–Crippen MR) is 82.7 cm³/mol. The van der Waals surface area contributed by atoms with Crippen LogP contribution in [0.1, 0.15) is 23.2 Å². The fourth-order valence-corrected chi connectivity index (χ4v) is 3.24. The minimum atomic E-state index is 0.0795. The van der Waals surface area contributed by atoms with Crippen molar-refractivity contribution in [3.05, 3.63) is 42.0 Å². The summed E-state index contributed by atoms with van der Waals surface area (Å²) in [6.07, 6.45) is 6.76. The lowest BCUT2D eigenvalue weighted by Crippen LogP contribution is -2.45. The first kappa shape index (κ1) is 13.8. The van der Waals surface area contributed by atoms with Crippen molar-refractivity contribution in [2.24, 2.45) is 0 Å². The fourth-order valence-electron chi connectivity index (χ4n) is 3.24. The molecule has 3 heterocycles. The van der Waals surface area contributed by atoms with Crippen LogP contribution in [-0.4, -0.2) is 49.3 Å². The van der Waals surface area contributed by atoms with Crippen LogP contribution >= 0.6 is 0 Å². The zero-order valence-electron chi connectivity index (χ0n) is 12.5. The van der Waals surface area contributed by atoms with Crippen molar-refractivity contribution < 1.29 is 14.4 Å². The summed E-state index contributed by atoms with van der Waals surface area (Å²) in [5.74, 6) is 0.0795. The van der Waals surface area contributed by atoms with E-state index in [1.54, 1.807) is 0 Å². The Labute approximate surface area is 130 Å². The van der Waals surface area contributed by atoms with Gasteiger partial charge in [-0.05, 0) is 37.1 Å². The standard InChI is InChI=1S/C17H20N2O3/c20-17(18-9-11-21-12-10-18)13-1-3-14(4-2-13)19-15-5-7-16(22-19)8-6-15/h1-5,7,15-16H,6,8-12H2. The second kappa shape index (κ2) is 5.74. The quantitative estimate of drug-likeness (QED) is 0.784. The maximum Gasteiger partial charge on any atom is 0.254 e. The molecule has 4 aliphatic rings. The molecule has 5 nitrogen and oxygen atoms in total. The Bertz CT molecular complexity index is 578. The maximum absolute atomic E-state index is 12.4. The van der Waals surface area contributed by atoms with Crippen molar-refractivity contribution in [1.29, 1.82) is 0 Å². The highest BCUT2D eigenvalue weighted by Gasteiger charge is 2.31. The number of morpholine rings is 1. The van der Waals surface area contributed by atoms with E-state index in [0.717, 1.165) is 24.1 Å². The van der Waals surface area contributed by atoms with Gasteiger partial charge >= 0.3 is 0 Å². The van der Waals surface area contributed by atoms with E-state index in [4.69, 9.17) is 9.57 Å². The van der Waals surface area contributed by atoms with Crippen LogP contribution in [0.15, 0.2) is 36.4 Å². The molecule has 1 amide bonds. The largest absolute Gasteiger partial charge is 0.378 e. The zero-order chi connectivity index (χ0) is 14.9. The molecular weight excluding hydrogens is 280 g/mol. The van der Waals surface area contributed by atoms with Crippen molar-refractivity contribution in [3.63, 3.8) is 0 Å². The molecule has 116 valence electrons. The molecule has 1 aromatic rings. The van der Waals surface area contributed by atoms with E-state index in [2.05, 4.69) is 12.2 Å². The molecular formula is C17H20N2O3. The molecule has 3 aliphatic heterocycles. The lowest BCUT2D eigenvalue weighted by molar-refractivity contribution is 0.00351. The molecule has 0 aromatic heterocycles. The van der Waals surface area contributed by atoms with Crippen LogP contribution in [-0.2, 0) is 9.57 Å². The number of nitrogens with zero attached hydrogens (tertiary/aromatic N) is 2. The van der Waals surface area contributed by atoms with Gasteiger partial charge in [-0.15, -0.1) is 0 Å². The monoisotopic (exact) mass is 300 g/mol. The van der Waals surface area contributed by atoms with Gasteiger partial charge < -0.3 is 9.64 Å². The SMILES string of the molecule is O=C(c1ccc(N2OC3C=CC2CC3)cc1)N1CCOCC1. The summed E-state index contributed by atoms with van der Waals surface area (Å²) in [6, 6.07) is 8.04. The van der Waals surface area contributed by atoms with Crippen LogP contribution in [0.4, 0.5) is 5.69 Å². The van der Waals surface area contributed by atoms with Crippen molar-refractivity contribution in [3.8, 4) is 0 Å².